The quantitative estimate of drug-likeness (QED) is 0.633. The number of imide groups is 1. The summed E-state index contributed by atoms with van der Waals surface area (Å²) < 4.78 is 0. The van der Waals surface area contributed by atoms with Gasteiger partial charge in [0.25, 0.3) is 5.91 Å². The Morgan fingerprint density at radius 1 is 1.04 bits per heavy atom. The number of aromatic nitrogens is 1. The summed E-state index contributed by atoms with van der Waals surface area (Å²) in [5.74, 6) is -1.37. The summed E-state index contributed by atoms with van der Waals surface area (Å²) in [7, 11) is 0. The maximum atomic E-state index is 12.8. The van der Waals surface area contributed by atoms with Gasteiger partial charge in [0.2, 0.25) is 11.8 Å². The summed E-state index contributed by atoms with van der Waals surface area (Å²) in [5, 5.41) is 0. The highest BCUT2D eigenvalue weighted by molar-refractivity contribution is 6.07. The predicted molar refractivity (Wildman–Crippen MR) is 103 cm³/mol. The predicted octanol–water partition coefficient (Wildman–Crippen LogP) is 1.89. The van der Waals surface area contributed by atoms with Gasteiger partial charge in [-0.2, -0.15) is 0 Å². The van der Waals surface area contributed by atoms with Crippen LogP contribution in [0.15, 0.2) is 30.3 Å². The molecule has 0 radical (unpaired) electrons. The molecule has 1 aliphatic rings. The molecular formula is C21H23N3O4. The van der Waals surface area contributed by atoms with E-state index in [4.69, 9.17) is 0 Å². The third-order valence-corrected chi connectivity index (χ3v) is 5.01. The van der Waals surface area contributed by atoms with Gasteiger partial charge in [0, 0.05) is 17.8 Å². The molecule has 0 atom stereocenters. The minimum absolute atomic E-state index is 0.136. The molecule has 1 aliphatic heterocycles. The summed E-state index contributed by atoms with van der Waals surface area (Å²) in [6, 6.07) is 9.61. The monoisotopic (exact) mass is 381 g/mol. The second kappa shape index (κ2) is 7.80. The number of amides is 3. The molecule has 1 N–H and O–H groups in total. The highest BCUT2D eigenvalue weighted by Crippen LogP contribution is 2.21. The van der Waals surface area contributed by atoms with E-state index in [1.807, 2.05) is 30.3 Å². The molecule has 28 heavy (non-hydrogen) atoms. The molecule has 0 aliphatic carbocycles. The van der Waals surface area contributed by atoms with Crippen LogP contribution in [0, 0.1) is 13.8 Å². The lowest BCUT2D eigenvalue weighted by molar-refractivity contribution is -0.150. The fourth-order valence-corrected chi connectivity index (χ4v) is 3.62. The molecule has 0 saturated carbocycles. The van der Waals surface area contributed by atoms with Gasteiger partial charge in [0.05, 0.1) is 0 Å². The lowest BCUT2D eigenvalue weighted by atomic mass is 10.1. The Balaban J connectivity index is 1.71. The number of hydrogen-bond donors (Lipinski definition) is 1. The number of nitrogens with one attached hydrogen (secondary N) is 1. The molecule has 0 spiro atoms. The number of aryl methyl sites for hydroxylation is 1. The highest BCUT2D eigenvalue weighted by atomic mass is 16.2. The van der Waals surface area contributed by atoms with Gasteiger partial charge < -0.3 is 9.88 Å². The molecule has 0 unspecified atom stereocenters. The molecule has 1 aromatic carbocycles. The van der Waals surface area contributed by atoms with E-state index >= 15 is 0 Å². The van der Waals surface area contributed by atoms with Crippen molar-refractivity contribution < 1.29 is 19.2 Å². The van der Waals surface area contributed by atoms with Crippen LogP contribution in [0.4, 0.5) is 0 Å². The molecule has 1 fully saturated rings. The number of aromatic amines is 1. The van der Waals surface area contributed by atoms with Crippen LogP contribution in [0.1, 0.15) is 44.6 Å². The fourth-order valence-electron chi connectivity index (χ4n) is 3.62. The fraction of sp³-hybridized carbons (Fsp3) is 0.333. The Kier molecular flexibility index (Phi) is 5.44. The maximum absolute atomic E-state index is 12.8. The van der Waals surface area contributed by atoms with E-state index in [2.05, 4.69) is 4.98 Å². The zero-order chi connectivity index (χ0) is 20.4. The minimum atomic E-state index is -0.447. The molecular weight excluding hydrogens is 358 g/mol. The third-order valence-electron chi connectivity index (χ3n) is 5.01. The molecule has 0 bridgehead atoms. The largest absolute Gasteiger partial charge is 0.354 e. The van der Waals surface area contributed by atoms with Crippen molar-refractivity contribution >= 4 is 23.5 Å². The molecule has 1 aromatic heterocycles. The first kappa shape index (κ1) is 19.5. The van der Waals surface area contributed by atoms with E-state index in [1.54, 1.807) is 13.8 Å². The first-order valence-electron chi connectivity index (χ1n) is 9.16. The summed E-state index contributed by atoms with van der Waals surface area (Å²) in [5.41, 5.74) is 2.91. The lowest BCUT2D eigenvalue weighted by Crippen LogP contribution is -2.56. The van der Waals surface area contributed by atoms with Crippen LogP contribution in [0.2, 0.25) is 0 Å². The number of Topliss-reactive ketones (excluding diaryl/α,β-unsaturated/α-hetero) is 1. The average Bonchev–Trinajstić information content (AvgIpc) is 2.95. The first-order chi connectivity index (χ1) is 13.3. The van der Waals surface area contributed by atoms with Crippen molar-refractivity contribution in [1.29, 1.82) is 0 Å². The number of carbonyl (C=O) groups is 4. The number of carbonyl (C=O) groups excluding carboxylic acids is 4. The van der Waals surface area contributed by atoms with E-state index in [1.165, 1.54) is 16.7 Å². The second-order valence-electron chi connectivity index (χ2n) is 7.02. The van der Waals surface area contributed by atoms with Crippen molar-refractivity contribution in [3.05, 3.63) is 58.4 Å². The van der Waals surface area contributed by atoms with Gasteiger partial charge in [0.1, 0.15) is 18.8 Å². The molecule has 3 amide bonds. The van der Waals surface area contributed by atoms with Crippen LogP contribution in [0.3, 0.4) is 0 Å². The molecule has 7 nitrogen and oxygen atoms in total. The van der Waals surface area contributed by atoms with Gasteiger partial charge in [-0.25, -0.2) is 0 Å². The van der Waals surface area contributed by atoms with E-state index < -0.39 is 17.7 Å². The van der Waals surface area contributed by atoms with Crippen LogP contribution >= 0.6 is 0 Å². The number of hydrogen-bond acceptors (Lipinski definition) is 4. The van der Waals surface area contributed by atoms with Crippen LogP contribution in [-0.4, -0.2) is 57.9 Å². The summed E-state index contributed by atoms with van der Waals surface area (Å²) >= 11 is 0. The van der Waals surface area contributed by atoms with Crippen LogP contribution in [-0.2, 0) is 16.0 Å². The lowest BCUT2D eigenvalue weighted by Gasteiger charge is -2.32. The van der Waals surface area contributed by atoms with E-state index in [0.717, 1.165) is 5.56 Å². The molecule has 3 rings (SSSR count). The van der Waals surface area contributed by atoms with Gasteiger partial charge in [-0.15, -0.1) is 0 Å². The number of H-pyrrole nitrogens is 1. The first-order valence-corrected chi connectivity index (χ1v) is 9.16. The Labute approximate surface area is 163 Å². The molecule has 2 heterocycles. The minimum Gasteiger partial charge on any atom is -0.354 e. The van der Waals surface area contributed by atoms with Gasteiger partial charge in [-0.3, -0.25) is 24.1 Å². The van der Waals surface area contributed by atoms with Gasteiger partial charge >= 0.3 is 0 Å². The van der Waals surface area contributed by atoms with Gasteiger partial charge in [-0.05, 0) is 38.3 Å². The number of piperazine rings is 1. The van der Waals surface area contributed by atoms with E-state index in [9.17, 15) is 19.2 Å². The number of benzene rings is 1. The molecule has 2 aromatic rings. The van der Waals surface area contributed by atoms with Crippen molar-refractivity contribution in [3.8, 4) is 0 Å². The standard InChI is InChI=1S/C21H23N3O4/c1-13-19(15(3)25)14(2)22-20(13)21(28)23-11-17(26)24(18(27)12-23)10-9-16-7-5-4-6-8-16/h4-8,22H,9-12H2,1-3H3. The normalized spacial score (nSPS) is 14.5. The van der Waals surface area contributed by atoms with Crippen molar-refractivity contribution in [2.45, 2.75) is 27.2 Å². The second-order valence-corrected chi connectivity index (χ2v) is 7.02. The SMILES string of the molecule is CC(=O)c1c(C)[nH]c(C(=O)N2CC(=O)N(CCc3ccccc3)C(=O)C2)c1C. The zero-order valence-corrected chi connectivity index (χ0v) is 16.2. The average molecular weight is 381 g/mol. The Hall–Kier alpha value is -3.22. The van der Waals surface area contributed by atoms with Crippen molar-refractivity contribution in [1.82, 2.24) is 14.8 Å². The summed E-state index contributed by atoms with van der Waals surface area (Å²) in [4.78, 5) is 55.0. The molecule has 1 saturated heterocycles. The highest BCUT2D eigenvalue weighted by Gasteiger charge is 2.35. The van der Waals surface area contributed by atoms with Crippen LogP contribution < -0.4 is 0 Å². The topological polar surface area (TPSA) is 90.6 Å². The number of ketones is 1. The molecule has 7 heteroatoms. The van der Waals surface area contributed by atoms with Crippen LogP contribution in [0.25, 0.3) is 0 Å². The summed E-state index contributed by atoms with van der Waals surface area (Å²) in [6.07, 6.45) is 0.573. The summed E-state index contributed by atoms with van der Waals surface area (Å²) in [6.45, 7) is 4.82. The third kappa shape index (κ3) is 3.74. The Bertz CT molecular complexity index is 928. The Morgan fingerprint density at radius 2 is 1.64 bits per heavy atom. The van der Waals surface area contributed by atoms with Crippen molar-refractivity contribution in [2.24, 2.45) is 0 Å². The van der Waals surface area contributed by atoms with E-state index in [0.29, 0.717) is 29.8 Å². The zero-order valence-electron chi connectivity index (χ0n) is 16.2. The van der Waals surface area contributed by atoms with Gasteiger partial charge in [0.15, 0.2) is 5.78 Å². The smallest absolute Gasteiger partial charge is 0.271 e. The van der Waals surface area contributed by atoms with Crippen LogP contribution in [0.5, 0.6) is 0 Å². The number of rotatable bonds is 5. The van der Waals surface area contributed by atoms with Gasteiger partial charge in [-0.1, -0.05) is 30.3 Å². The van der Waals surface area contributed by atoms with E-state index in [-0.39, 0.29) is 24.6 Å². The molecule has 146 valence electrons. The van der Waals surface area contributed by atoms with Crippen molar-refractivity contribution in [3.63, 3.8) is 0 Å². The van der Waals surface area contributed by atoms with Crippen molar-refractivity contribution in [2.75, 3.05) is 19.6 Å². The number of nitrogens with zero attached hydrogens (tertiary/aromatic N) is 2. The maximum Gasteiger partial charge on any atom is 0.271 e. The Morgan fingerprint density at radius 3 is 2.18 bits per heavy atom.